The molecule has 1 aliphatic rings. The standard InChI is InChI=1S/C16H34N4/c1-12-10-13(2)19-8-9-20-16(4,5)11-14(3)18-7-6-15(12)17/h13-14,18-20H,6-11,17H2,1-5H3/b15-12+. The van der Waals surface area contributed by atoms with Gasteiger partial charge in [0.2, 0.25) is 0 Å². The first kappa shape index (κ1) is 17.5. The second-order valence-corrected chi connectivity index (χ2v) is 6.98. The van der Waals surface area contributed by atoms with Crippen molar-refractivity contribution in [2.24, 2.45) is 5.73 Å². The van der Waals surface area contributed by atoms with Gasteiger partial charge < -0.3 is 21.7 Å². The van der Waals surface area contributed by atoms with Crippen molar-refractivity contribution in [3.63, 3.8) is 0 Å². The number of nitrogens with two attached hydrogens (primary N) is 1. The lowest BCUT2D eigenvalue weighted by molar-refractivity contribution is 0.315. The molecule has 0 aromatic carbocycles. The molecule has 118 valence electrons. The first-order valence-electron chi connectivity index (χ1n) is 7.96. The molecule has 20 heavy (non-hydrogen) atoms. The van der Waals surface area contributed by atoms with Gasteiger partial charge in [0.25, 0.3) is 0 Å². The van der Waals surface area contributed by atoms with Crippen molar-refractivity contribution < 1.29 is 0 Å². The monoisotopic (exact) mass is 282 g/mol. The quantitative estimate of drug-likeness (QED) is 0.546. The Balaban J connectivity index is 2.65. The molecule has 2 atom stereocenters. The third-order valence-electron chi connectivity index (χ3n) is 4.09. The van der Waals surface area contributed by atoms with Crippen molar-refractivity contribution in [2.75, 3.05) is 19.6 Å². The lowest BCUT2D eigenvalue weighted by atomic mass is 9.95. The molecule has 2 unspecified atom stereocenters. The summed E-state index contributed by atoms with van der Waals surface area (Å²) >= 11 is 0. The van der Waals surface area contributed by atoms with Gasteiger partial charge in [-0.1, -0.05) is 5.57 Å². The number of rotatable bonds is 0. The molecule has 0 spiro atoms. The molecular weight excluding hydrogens is 248 g/mol. The van der Waals surface area contributed by atoms with Gasteiger partial charge in [0.05, 0.1) is 0 Å². The molecule has 1 rings (SSSR count). The SMILES string of the molecule is C/C1=C(\N)CCNC(C)CC(C)(C)NCCNC(C)C1. The van der Waals surface area contributed by atoms with Gasteiger partial charge in [-0.25, -0.2) is 0 Å². The first-order chi connectivity index (χ1) is 9.30. The maximum atomic E-state index is 6.19. The van der Waals surface area contributed by atoms with E-state index in [0.717, 1.165) is 44.6 Å². The van der Waals surface area contributed by atoms with Crippen LogP contribution in [0.25, 0.3) is 0 Å². The molecule has 0 radical (unpaired) electrons. The van der Waals surface area contributed by atoms with Crippen molar-refractivity contribution in [2.45, 2.75) is 71.5 Å². The fraction of sp³-hybridized carbons (Fsp3) is 0.875. The van der Waals surface area contributed by atoms with E-state index in [4.69, 9.17) is 5.73 Å². The molecule has 0 saturated carbocycles. The third kappa shape index (κ3) is 6.73. The van der Waals surface area contributed by atoms with Crippen LogP contribution in [0.4, 0.5) is 0 Å². The molecule has 1 heterocycles. The van der Waals surface area contributed by atoms with Crippen LogP contribution in [-0.2, 0) is 0 Å². The highest BCUT2D eigenvalue weighted by molar-refractivity contribution is 5.10. The Hall–Kier alpha value is -0.580. The van der Waals surface area contributed by atoms with Gasteiger partial charge >= 0.3 is 0 Å². The Morgan fingerprint density at radius 1 is 1.05 bits per heavy atom. The van der Waals surface area contributed by atoms with Gasteiger partial charge in [-0.2, -0.15) is 0 Å². The number of hydrogen-bond acceptors (Lipinski definition) is 4. The molecule has 0 fully saturated rings. The van der Waals surface area contributed by atoms with Crippen LogP contribution < -0.4 is 21.7 Å². The molecule has 4 heteroatoms. The van der Waals surface area contributed by atoms with Crippen molar-refractivity contribution in [3.8, 4) is 0 Å². The highest BCUT2D eigenvalue weighted by atomic mass is 15.0. The Bertz CT molecular complexity index is 322. The van der Waals surface area contributed by atoms with E-state index < -0.39 is 0 Å². The zero-order chi connectivity index (χ0) is 15.2. The average Bonchev–Trinajstić information content (AvgIpc) is 2.32. The van der Waals surface area contributed by atoms with Crippen LogP contribution in [0.3, 0.4) is 0 Å². The molecule has 0 bridgehead atoms. The second-order valence-electron chi connectivity index (χ2n) is 6.98. The van der Waals surface area contributed by atoms with Crippen molar-refractivity contribution in [1.82, 2.24) is 16.0 Å². The van der Waals surface area contributed by atoms with Gasteiger partial charge in [-0.05, 0) is 53.9 Å². The van der Waals surface area contributed by atoms with Crippen LogP contribution in [0.1, 0.15) is 53.9 Å². The minimum atomic E-state index is 0.165. The van der Waals surface area contributed by atoms with E-state index in [9.17, 15) is 0 Å². The normalized spacial score (nSPS) is 34.5. The predicted octanol–water partition coefficient (Wildman–Crippen LogP) is 1.73. The molecule has 0 aromatic rings. The third-order valence-corrected chi connectivity index (χ3v) is 4.09. The van der Waals surface area contributed by atoms with E-state index in [2.05, 4.69) is 50.6 Å². The van der Waals surface area contributed by atoms with Crippen molar-refractivity contribution in [1.29, 1.82) is 0 Å². The summed E-state index contributed by atoms with van der Waals surface area (Å²) in [5, 5.41) is 10.8. The van der Waals surface area contributed by atoms with Gasteiger partial charge in [0, 0.05) is 43.0 Å². The van der Waals surface area contributed by atoms with Crippen molar-refractivity contribution >= 4 is 0 Å². The molecule has 0 saturated heterocycles. The molecule has 0 aromatic heterocycles. The molecular formula is C16H34N4. The zero-order valence-corrected chi connectivity index (χ0v) is 14.0. The first-order valence-corrected chi connectivity index (χ1v) is 7.96. The summed E-state index contributed by atoms with van der Waals surface area (Å²) < 4.78 is 0. The van der Waals surface area contributed by atoms with E-state index in [1.54, 1.807) is 0 Å². The van der Waals surface area contributed by atoms with Crippen LogP contribution in [0.15, 0.2) is 11.3 Å². The smallest absolute Gasteiger partial charge is 0.0140 e. The summed E-state index contributed by atoms with van der Waals surface area (Å²) in [5.41, 5.74) is 8.73. The van der Waals surface area contributed by atoms with E-state index in [0.29, 0.717) is 12.1 Å². The van der Waals surface area contributed by atoms with Crippen LogP contribution in [-0.4, -0.2) is 37.3 Å². The Morgan fingerprint density at radius 2 is 1.70 bits per heavy atom. The second kappa shape index (κ2) is 8.01. The van der Waals surface area contributed by atoms with E-state index in [1.165, 1.54) is 5.57 Å². The molecule has 1 aliphatic heterocycles. The highest BCUT2D eigenvalue weighted by Crippen LogP contribution is 2.13. The van der Waals surface area contributed by atoms with E-state index in [1.807, 2.05) is 0 Å². The van der Waals surface area contributed by atoms with Crippen LogP contribution in [0.5, 0.6) is 0 Å². The lowest BCUT2D eigenvalue weighted by Crippen LogP contribution is -2.47. The van der Waals surface area contributed by atoms with Crippen LogP contribution in [0, 0.1) is 0 Å². The number of nitrogens with one attached hydrogen (secondary N) is 3. The number of hydrogen-bond donors (Lipinski definition) is 4. The topological polar surface area (TPSA) is 62.1 Å². The van der Waals surface area contributed by atoms with Gasteiger partial charge in [0.15, 0.2) is 0 Å². The van der Waals surface area contributed by atoms with Crippen LogP contribution in [0.2, 0.25) is 0 Å². The summed E-state index contributed by atoms with van der Waals surface area (Å²) in [6.45, 7) is 14.2. The lowest BCUT2D eigenvalue weighted by Gasteiger charge is -2.31. The van der Waals surface area contributed by atoms with Crippen LogP contribution >= 0.6 is 0 Å². The fourth-order valence-electron chi connectivity index (χ4n) is 2.96. The fourth-order valence-corrected chi connectivity index (χ4v) is 2.96. The minimum Gasteiger partial charge on any atom is -0.402 e. The summed E-state index contributed by atoms with van der Waals surface area (Å²) in [7, 11) is 0. The Morgan fingerprint density at radius 3 is 2.40 bits per heavy atom. The summed E-state index contributed by atoms with van der Waals surface area (Å²) in [6, 6.07) is 0.980. The van der Waals surface area contributed by atoms with Gasteiger partial charge in [0.1, 0.15) is 0 Å². The van der Waals surface area contributed by atoms with E-state index >= 15 is 0 Å². The summed E-state index contributed by atoms with van der Waals surface area (Å²) in [6.07, 6.45) is 3.09. The molecule has 0 aliphatic carbocycles. The molecule has 5 N–H and O–H groups in total. The molecule has 0 amide bonds. The highest BCUT2D eigenvalue weighted by Gasteiger charge is 2.20. The molecule has 4 nitrogen and oxygen atoms in total. The summed E-state index contributed by atoms with van der Waals surface area (Å²) in [4.78, 5) is 0. The minimum absolute atomic E-state index is 0.165. The van der Waals surface area contributed by atoms with Crippen molar-refractivity contribution in [3.05, 3.63) is 11.3 Å². The van der Waals surface area contributed by atoms with Gasteiger partial charge in [-0.3, -0.25) is 0 Å². The van der Waals surface area contributed by atoms with E-state index in [-0.39, 0.29) is 5.54 Å². The maximum absolute atomic E-state index is 6.19. The zero-order valence-electron chi connectivity index (χ0n) is 14.0. The Kier molecular flexibility index (Phi) is 7.00. The largest absolute Gasteiger partial charge is 0.402 e. The predicted molar refractivity (Wildman–Crippen MR) is 87.7 cm³/mol. The van der Waals surface area contributed by atoms with Gasteiger partial charge in [-0.15, -0.1) is 0 Å². The maximum Gasteiger partial charge on any atom is 0.0140 e. The Labute approximate surface area is 125 Å². The summed E-state index contributed by atoms with van der Waals surface area (Å²) in [5.74, 6) is 0. The average molecular weight is 282 g/mol.